The summed E-state index contributed by atoms with van der Waals surface area (Å²) in [6.07, 6.45) is 1.76. The third kappa shape index (κ3) is 4.19. The van der Waals surface area contributed by atoms with Gasteiger partial charge >= 0.3 is 14.6 Å². The quantitative estimate of drug-likeness (QED) is 0.365. The van der Waals surface area contributed by atoms with Gasteiger partial charge in [-0.25, -0.2) is 0 Å². The van der Waals surface area contributed by atoms with Crippen LogP contribution >= 0.6 is 0 Å². The van der Waals surface area contributed by atoms with E-state index in [1.165, 1.54) is 0 Å². The normalized spacial score (nSPS) is 7.67. The Morgan fingerprint density at radius 1 is 1.67 bits per heavy atom. The summed E-state index contributed by atoms with van der Waals surface area (Å²) in [7, 11) is 0. The van der Waals surface area contributed by atoms with Crippen LogP contribution in [-0.4, -0.2) is 14.6 Å². The largest absolute Gasteiger partial charge is 0.480 e. The van der Waals surface area contributed by atoms with Crippen LogP contribution in [0.3, 0.4) is 0 Å². The number of hydrogen-bond acceptors (Lipinski definition) is 2. The van der Waals surface area contributed by atoms with Crippen molar-refractivity contribution in [2.45, 2.75) is 5.28 Å². The third-order valence-corrected chi connectivity index (χ3v) is 1.32. The number of rotatable bonds is 2. The Morgan fingerprint density at radius 3 is 2.17 bits per heavy atom. The maximum absolute atomic E-state index is 5.25. The van der Waals surface area contributed by atoms with Crippen molar-refractivity contribution in [2.75, 3.05) is 0 Å². The van der Waals surface area contributed by atoms with E-state index in [1.54, 1.807) is 6.08 Å². The van der Waals surface area contributed by atoms with Crippen molar-refractivity contribution in [3.05, 3.63) is 12.7 Å². The van der Waals surface area contributed by atoms with Crippen LogP contribution in [0.5, 0.6) is 0 Å². The van der Waals surface area contributed by atoms with Crippen molar-refractivity contribution < 1.29 is 0 Å². The van der Waals surface area contributed by atoms with Crippen LogP contribution in [0.15, 0.2) is 12.7 Å². The molecular formula is C3H9AlN2. The lowest BCUT2D eigenvalue weighted by molar-refractivity contribution is 1.51. The summed E-state index contributed by atoms with van der Waals surface area (Å²) >= 11 is -1.29. The second-order valence-electron chi connectivity index (χ2n) is 1.19. The molecule has 0 amide bonds. The van der Waals surface area contributed by atoms with Crippen LogP contribution in [-0.2, 0) is 0 Å². The first kappa shape index (κ1) is 6.19. The summed E-state index contributed by atoms with van der Waals surface area (Å²) in [6, 6.07) is 0. The number of nitrogens with two attached hydrogens (primary N) is 2. The smallest absolute Gasteiger partial charge is 0.399 e. The molecule has 0 aliphatic carbocycles. The van der Waals surface area contributed by atoms with E-state index in [4.69, 9.17) is 9.43 Å². The van der Waals surface area contributed by atoms with E-state index in [1.807, 2.05) is 0 Å². The van der Waals surface area contributed by atoms with Crippen LogP contribution in [0.2, 0.25) is 5.28 Å². The molecule has 6 heavy (non-hydrogen) atoms. The van der Waals surface area contributed by atoms with Gasteiger partial charge in [0.1, 0.15) is 0 Å². The van der Waals surface area contributed by atoms with E-state index in [-0.39, 0.29) is 0 Å². The molecule has 2 nitrogen and oxygen atoms in total. The average Bonchev–Trinajstić information content (AvgIpc) is 1.35. The first-order valence-corrected chi connectivity index (χ1v) is 4.04. The van der Waals surface area contributed by atoms with E-state index in [0.29, 0.717) is 0 Å². The molecule has 3 heteroatoms. The van der Waals surface area contributed by atoms with Crippen molar-refractivity contribution in [2.24, 2.45) is 9.43 Å². The van der Waals surface area contributed by atoms with Gasteiger partial charge < -0.3 is 9.43 Å². The molecule has 0 rings (SSSR count). The molecule has 0 atom stereocenters. The number of allylic oxidation sites excluding steroid dienone is 1. The molecule has 0 aromatic rings. The van der Waals surface area contributed by atoms with Gasteiger partial charge in [-0.05, 0) is 5.28 Å². The van der Waals surface area contributed by atoms with Gasteiger partial charge in [0.2, 0.25) is 0 Å². The van der Waals surface area contributed by atoms with Gasteiger partial charge in [0.05, 0.1) is 0 Å². The molecule has 0 unspecified atom stereocenters. The zero-order valence-corrected chi connectivity index (χ0v) is 4.88. The lowest BCUT2D eigenvalue weighted by Crippen LogP contribution is -2.35. The highest BCUT2D eigenvalue weighted by Crippen LogP contribution is 1.73. The van der Waals surface area contributed by atoms with Crippen LogP contribution in [0, 0.1) is 0 Å². The monoisotopic (exact) mass is 100 g/mol. The van der Waals surface area contributed by atoms with E-state index in [9.17, 15) is 0 Å². The highest BCUT2D eigenvalue weighted by atomic mass is 27.2. The Hall–Kier alpha value is 0.192. The molecule has 0 aromatic heterocycles. The van der Waals surface area contributed by atoms with Gasteiger partial charge in [0.25, 0.3) is 0 Å². The highest BCUT2D eigenvalue weighted by Gasteiger charge is 1.99. The Kier molecular flexibility index (Phi) is 3.49. The molecule has 0 bridgehead atoms. The molecular weight excluding hydrogens is 91.0 g/mol. The molecule has 34 valence electrons. The lowest BCUT2D eigenvalue weighted by Gasteiger charge is -1.83. The van der Waals surface area contributed by atoms with E-state index in [0.717, 1.165) is 5.28 Å². The van der Waals surface area contributed by atoms with Gasteiger partial charge in [-0.1, -0.05) is 0 Å². The minimum Gasteiger partial charge on any atom is -0.399 e. The Bertz CT molecular complexity index is 44.1. The molecule has 0 spiro atoms. The van der Waals surface area contributed by atoms with Crippen molar-refractivity contribution in [3.8, 4) is 0 Å². The van der Waals surface area contributed by atoms with Crippen molar-refractivity contribution in [3.63, 3.8) is 0 Å². The average molecular weight is 100 g/mol. The van der Waals surface area contributed by atoms with Crippen molar-refractivity contribution >= 4 is 14.6 Å². The Morgan fingerprint density at radius 2 is 2.17 bits per heavy atom. The van der Waals surface area contributed by atoms with Crippen LogP contribution in [0.4, 0.5) is 0 Å². The Labute approximate surface area is 42.6 Å². The molecule has 0 aliphatic heterocycles. The van der Waals surface area contributed by atoms with E-state index < -0.39 is 14.6 Å². The van der Waals surface area contributed by atoms with Crippen LogP contribution in [0.1, 0.15) is 0 Å². The molecule has 0 saturated carbocycles. The predicted octanol–water partition coefficient (Wildman–Crippen LogP) is -0.422. The fourth-order valence-corrected chi connectivity index (χ4v) is 0.577. The second kappa shape index (κ2) is 3.39. The molecule has 0 aromatic carbocycles. The van der Waals surface area contributed by atoms with Crippen molar-refractivity contribution in [1.29, 1.82) is 0 Å². The first-order chi connectivity index (χ1) is 2.77. The summed E-state index contributed by atoms with van der Waals surface area (Å²) < 4.78 is 10.5. The van der Waals surface area contributed by atoms with Crippen LogP contribution < -0.4 is 9.43 Å². The number of hydrogen-bond donors (Lipinski definition) is 2. The molecule has 0 fully saturated rings. The van der Waals surface area contributed by atoms with Crippen LogP contribution in [0.25, 0.3) is 0 Å². The van der Waals surface area contributed by atoms with Gasteiger partial charge in [-0.3, -0.25) is 0 Å². The first-order valence-electron chi connectivity index (χ1n) is 1.89. The maximum atomic E-state index is 5.25. The van der Waals surface area contributed by atoms with E-state index >= 15 is 0 Å². The highest BCUT2D eigenvalue weighted by molar-refractivity contribution is 6.51. The standard InChI is InChI=1S/C3H5.Al.2H2N/c1-3-2;;;/h3H,1-2H2;;2*1H2/q;+2;2*-1. The third-order valence-electron chi connectivity index (χ3n) is 0.439. The topological polar surface area (TPSA) is 52.0 Å². The van der Waals surface area contributed by atoms with Gasteiger partial charge in [-0.15, -0.1) is 12.7 Å². The summed E-state index contributed by atoms with van der Waals surface area (Å²) in [5.74, 6) is 0. The summed E-state index contributed by atoms with van der Waals surface area (Å²) in [6.45, 7) is 3.48. The fraction of sp³-hybridized carbons (Fsp3) is 0.333. The summed E-state index contributed by atoms with van der Waals surface area (Å²) in [4.78, 5) is 0. The summed E-state index contributed by atoms with van der Waals surface area (Å²) in [5.41, 5.74) is 0. The molecule has 0 heterocycles. The fourth-order valence-electron chi connectivity index (χ4n) is 0.192. The van der Waals surface area contributed by atoms with Gasteiger partial charge in [-0.2, -0.15) is 0 Å². The minimum atomic E-state index is -1.29. The van der Waals surface area contributed by atoms with Gasteiger partial charge in [0, 0.05) is 0 Å². The zero-order chi connectivity index (χ0) is 4.99. The predicted molar refractivity (Wildman–Crippen MR) is 29.1 cm³/mol. The van der Waals surface area contributed by atoms with E-state index in [2.05, 4.69) is 6.58 Å². The lowest BCUT2D eigenvalue weighted by atomic mass is 10.8. The SMILES string of the molecule is C=C[CH2][Al]([NH2])[NH2]. The maximum Gasteiger partial charge on any atom is 0.480 e. The van der Waals surface area contributed by atoms with Gasteiger partial charge in [0.15, 0.2) is 0 Å². The molecule has 0 aliphatic rings. The zero-order valence-electron chi connectivity index (χ0n) is 3.72. The molecule has 0 radical (unpaired) electrons. The molecule has 0 saturated heterocycles. The second-order valence-corrected chi connectivity index (χ2v) is 2.99. The Balaban J connectivity index is 2.81. The van der Waals surface area contributed by atoms with Crippen molar-refractivity contribution in [1.82, 2.24) is 0 Å². The minimum absolute atomic E-state index is 0.833. The molecule has 4 N–H and O–H groups in total. The summed E-state index contributed by atoms with van der Waals surface area (Å²) in [5, 5.41) is 0.833.